The molecular formula is C16H25N3O. The maximum atomic E-state index is 12.8. The van der Waals surface area contributed by atoms with E-state index in [4.69, 9.17) is 5.84 Å². The van der Waals surface area contributed by atoms with Crippen LogP contribution in [0.25, 0.3) is 0 Å². The molecule has 2 rings (SSSR count). The van der Waals surface area contributed by atoms with E-state index in [-0.39, 0.29) is 5.91 Å². The van der Waals surface area contributed by atoms with Gasteiger partial charge in [0.25, 0.3) is 5.91 Å². The quantitative estimate of drug-likeness (QED) is 0.658. The number of nitrogens with two attached hydrogens (primary N) is 1. The van der Waals surface area contributed by atoms with E-state index >= 15 is 0 Å². The fraction of sp³-hybridized carbons (Fsp3) is 0.562. The van der Waals surface area contributed by atoms with E-state index in [0.29, 0.717) is 6.04 Å². The smallest absolute Gasteiger partial charge is 0.254 e. The summed E-state index contributed by atoms with van der Waals surface area (Å²) in [5, 5.41) is 0. The number of hydrogen-bond acceptors (Lipinski definition) is 3. The van der Waals surface area contributed by atoms with Crippen LogP contribution in [0.3, 0.4) is 0 Å². The van der Waals surface area contributed by atoms with Crippen molar-refractivity contribution in [1.82, 2.24) is 4.90 Å². The van der Waals surface area contributed by atoms with Gasteiger partial charge in [0.05, 0.1) is 0 Å². The number of nitrogen functional groups attached to an aromatic ring is 1. The highest BCUT2D eigenvalue weighted by Crippen LogP contribution is 2.23. The first-order valence-electron chi connectivity index (χ1n) is 7.55. The van der Waals surface area contributed by atoms with Crippen molar-refractivity contribution in [2.75, 3.05) is 12.0 Å². The van der Waals surface area contributed by atoms with Crippen molar-refractivity contribution in [3.05, 3.63) is 29.3 Å². The van der Waals surface area contributed by atoms with Crippen LogP contribution < -0.4 is 11.3 Å². The monoisotopic (exact) mass is 275 g/mol. The van der Waals surface area contributed by atoms with Crippen LogP contribution in [-0.4, -0.2) is 23.4 Å². The van der Waals surface area contributed by atoms with E-state index in [1.807, 2.05) is 25.1 Å². The molecule has 1 fully saturated rings. The first-order valence-corrected chi connectivity index (χ1v) is 7.55. The highest BCUT2D eigenvalue weighted by Gasteiger charge is 2.25. The molecule has 1 aliphatic rings. The van der Waals surface area contributed by atoms with Gasteiger partial charge in [-0.25, -0.2) is 0 Å². The second kappa shape index (κ2) is 6.75. The number of hydrogen-bond donors (Lipinski definition) is 2. The van der Waals surface area contributed by atoms with Gasteiger partial charge in [0.15, 0.2) is 0 Å². The molecule has 20 heavy (non-hydrogen) atoms. The normalized spacial score (nSPS) is 19.6. The summed E-state index contributed by atoms with van der Waals surface area (Å²) in [6.45, 7) is 5.02. The zero-order valence-corrected chi connectivity index (χ0v) is 12.5. The second-order valence-corrected chi connectivity index (χ2v) is 5.58. The summed E-state index contributed by atoms with van der Waals surface area (Å²) in [7, 11) is 0. The third-order valence-electron chi connectivity index (χ3n) is 4.23. The maximum absolute atomic E-state index is 12.8. The lowest BCUT2D eigenvalue weighted by atomic mass is 10.0. The fourth-order valence-corrected chi connectivity index (χ4v) is 3.02. The first kappa shape index (κ1) is 14.9. The Kier molecular flexibility index (Phi) is 5.01. The molecule has 110 valence electrons. The summed E-state index contributed by atoms with van der Waals surface area (Å²) in [5.74, 6) is 5.57. The number of anilines is 1. The summed E-state index contributed by atoms with van der Waals surface area (Å²) >= 11 is 0. The molecule has 1 heterocycles. The summed E-state index contributed by atoms with van der Waals surface area (Å²) in [4.78, 5) is 14.9. The largest absolute Gasteiger partial charge is 0.336 e. The van der Waals surface area contributed by atoms with Crippen molar-refractivity contribution in [3.63, 3.8) is 0 Å². The Hall–Kier alpha value is -1.55. The third-order valence-corrected chi connectivity index (χ3v) is 4.23. The van der Waals surface area contributed by atoms with Gasteiger partial charge in [-0.3, -0.25) is 10.6 Å². The number of hydrazine groups is 1. The third kappa shape index (κ3) is 3.12. The van der Waals surface area contributed by atoms with Crippen LogP contribution in [0.5, 0.6) is 0 Å². The number of amides is 1. The molecule has 0 saturated carbocycles. The molecular weight excluding hydrogens is 250 g/mol. The van der Waals surface area contributed by atoms with Crippen LogP contribution in [0, 0.1) is 6.92 Å². The lowest BCUT2D eigenvalue weighted by molar-refractivity contribution is 0.0677. The van der Waals surface area contributed by atoms with Crippen molar-refractivity contribution in [1.29, 1.82) is 0 Å². The second-order valence-electron chi connectivity index (χ2n) is 5.58. The Morgan fingerprint density at radius 2 is 2.20 bits per heavy atom. The minimum absolute atomic E-state index is 0.167. The van der Waals surface area contributed by atoms with Crippen LogP contribution >= 0.6 is 0 Å². The average molecular weight is 275 g/mol. The predicted octanol–water partition coefficient (Wildman–Crippen LogP) is 3.08. The molecule has 0 radical (unpaired) electrons. The summed E-state index contributed by atoms with van der Waals surface area (Å²) in [6, 6.07) is 6.05. The molecule has 4 heteroatoms. The number of nitrogens with one attached hydrogen (secondary N) is 1. The van der Waals surface area contributed by atoms with Crippen LogP contribution in [0.2, 0.25) is 0 Å². The Morgan fingerprint density at radius 3 is 2.85 bits per heavy atom. The summed E-state index contributed by atoms with van der Waals surface area (Å²) < 4.78 is 0. The molecule has 1 aromatic carbocycles. The van der Waals surface area contributed by atoms with Gasteiger partial charge in [-0.2, -0.15) is 0 Å². The Morgan fingerprint density at radius 1 is 1.40 bits per heavy atom. The van der Waals surface area contributed by atoms with Gasteiger partial charge in [-0.05, 0) is 49.9 Å². The number of benzene rings is 1. The number of rotatable bonds is 3. The molecule has 1 atom stereocenters. The Bertz CT molecular complexity index is 473. The molecule has 0 aromatic heterocycles. The zero-order valence-electron chi connectivity index (χ0n) is 12.5. The van der Waals surface area contributed by atoms with Crippen molar-refractivity contribution in [3.8, 4) is 0 Å². The minimum Gasteiger partial charge on any atom is -0.336 e. The standard InChI is InChI=1S/C16H25N3O/c1-3-14-7-5-4-6-10-19(14)16(20)15-9-8-13(18-17)11-12(15)2/h8-9,11,14,18H,3-7,10,17H2,1-2H3. The van der Waals surface area contributed by atoms with E-state index in [2.05, 4.69) is 17.2 Å². The lowest BCUT2D eigenvalue weighted by Gasteiger charge is -2.30. The molecule has 3 N–H and O–H groups in total. The van der Waals surface area contributed by atoms with E-state index in [0.717, 1.165) is 42.6 Å². The van der Waals surface area contributed by atoms with E-state index < -0.39 is 0 Å². The SMILES string of the molecule is CCC1CCCCCN1C(=O)c1ccc(NN)cc1C. The van der Waals surface area contributed by atoms with Crippen LogP contribution in [-0.2, 0) is 0 Å². The number of likely N-dealkylation sites (tertiary alicyclic amines) is 1. The minimum atomic E-state index is 0.167. The van der Waals surface area contributed by atoms with Crippen molar-refractivity contribution < 1.29 is 4.79 Å². The molecule has 0 bridgehead atoms. The molecule has 1 aliphatic heterocycles. The van der Waals surface area contributed by atoms with Gasteiger partial charge in [0.1, 0.15) is 0 Å². The summed E-state index contributed by atoms with van der Waals surface area (Å²) in [5.41, 5.74) is 5.23. The molecule has 0 spiro atoms. The van der Waals surface area contributed by atoms with Crippen molar-refractivity contribution in [2.24, 2.45) is 5.84 Å². The van der Waals surface area contributed by atoms with Gasteiger partial charge in [-0.1, -0.05) is 19.8 Å². The van der Waals surface area contributed by atoms with Gasteiger partial charge < -0.3 is 10.3 Å². The highest BCUT2D eigenvalue weighted by molar-refractivity contribution is 5.96. The van der Waals surface area contributed by atoms with Gasteiger partial charge in [0.2, 0.25) is 0 Å². The van der Waals surface area contributed by atoms with Crippen LogP contribution in [0.15, 0.2) is 18.2 Å². The molecule has 4 nitrogen and oxygen atoms in total. The topological polar surface area (TPSA) is 58.4 Å². The molecule has 0 aliphatic carbocycles. The Balaban J connectivity index is 2.24. The average Bonchev–Trinajstić information content (AvgIpc) is 2.71. The van der Waals surface area contributed by atoms with E-state index in [1.165, 1.54) is 12.8 Å². The number of carbonyl (C=O) groups excluding carboxylic acids is 1. The maximum Gasteiger partial charge on any atom is 0.254 e. The van der Waals surface area contributed by atoms with Gasteiger partial charge >= 0.3 is 0 Å². The Labute approximate surface area is 121 Å². The van der Waals surface area contributed by atoms with Gasteiger partial charge in [0, 0.05) is 23.8 Å². The van der Waals surface area contributed by atoms with Crippen LogP contribution in [0.4, 0.5) is 5.69 Å². The summed E-state index contributed by atoms with van der Waals surface area (Å²) in [6.07, 6.45) is 5.74. The number of nitrogens with zero attached hydrogens (tertiary/aromatic N) is 1. The van der Waals surface area contributed by atoms with E-state index in [1.54, 1.807) is 0 Å². The lowest BCUT2D eigenvalue weighted by Crippen LogP contribution is -2.40. The molecule has 1 amide bonds. The first-order chi connectivity index (χ1) is 9.67. The predicted molar refractivity (Wildman–Crippen MR) is 82.6 cm³/mol. The van der Waals surface area contributed by atoms with Crippen molar-refractivity contribution >= 4 is 11.6 Å². The molecule has 1 unspecified atom stereocenters. The molecule has 1 aromatic rings. The van der Waals surface area contributed by atoms with Crippen molar-refractivity contribution in [2.45, 2.75) is 52.0 Å². The van der Waals surface area contributed by atoms with E-state index in [9.17, 15) is 4.79 Å². The zero-order chi connectivity index (χ0) is 14.5. The molecule has 1 saturated heterocycles. The highest BCUT2D eigenvalue weighted by atomic mass is 16.2. The fourth-order valence-electron chi connectivity index (χ4n) is 3.02. The van der Waals surface area contributed by atoms with Gasteiger partial charge in [-0.15, -0.1) is 0 Å². The number of carbonyl (C=O) groups is 1. The number of aryl methyl sites for hydroxylation is 1. The van der Waals surface area contributed by atoms with Crippen LogP contribution in [0.1, 0.15) is 54.9 Å².